The summed E-state index contributed by atoms with van der Waals surface area (Å²) in [6, 6.07) is 7.75. The predicted octanol–water partition coefficient (Wildman–Crippen LogP) is 1.83. The Balaban J connectivity index is 2.89. The van der Waals surface area contributed by atoms with Gasteiger partial charge < -0.3 is 15.5 Å². The van der Waals surface area contributed by atoms with Crippen LogP contribution in [0.4, 0.5) is 5.69 Å². The number of hydrogen-bond donors (Lipinski definition) is 3. The van der Waals surface area contributed by atoms with E-state index in [1.54, 1.807) is 17.8 Å². The monoisotopic (exact) mass is 266 g/mol. The lowest BCUT2D eigenvalue weighted by Crippen LogP contribution is -2.37. The first kappa shape index (κ1) is 14.8. The highest BCUT2D eigenvalue weighted by atomic mass is 32.2. The fourth-order valence-corrected chi connectivity index (χ4v) is 2.20. The highest BCUT2D eigenvalue weighted by Crippen LogP contribution is 2.28. The van der Waals surface area contributed by atoms with Crippen LogP contribution in [0.15, 0.2) is 23.1 Å². The van der Waals surface area contributed by atoms with Crippen LogP contribution in [-0.4, -0.2) is 34.7 Å². The van der Waals surface area contributed by atoms with Crippen molar-refractivity contribution in [1.29, 1.82) is 5.26 Å². The molecule has 0 aromatic heterocycles. The van der Waals surface area contributed by atoms with E-state index in [0.29, 0.717) is 11.3 Å². The Kier molecular flexibility index (Phi) is 5.48. The van der Waals surface area contributed by atoms with Crippen LogP contribution in [0.1, 0.15) is 19.4 Å². The molecule has 0 radical (unpaired) electrons. The third kappa shape index (κ3) is 3.91. The number of nitrogens with zero attached hydrogens (tertiary/aromatic N) is 1. The summed E-state index contributed by atoms with van der Waals surface area (Å²) in [6.45, 7) is 3.43. The van der Waals surface area contributed by atoms with Crippen molar-refractivity contribution < 1.29 is 10.2 Å². The Bertz CT molecular complexity index is 441. The predicted molar refractivity (Wildman–Crippen MR) is 73.8 cm³/mol. The van der Waals surface area contributed by atoms with Crippen LogP contribution >= 0.6 is 11.8 Å². The number of anilines is 1. The molecule has 1 unspecified atom stereocenters. The largest absolute Gasteiger partial charge is 0.393 e. The lowest BCUT2D eigenvalue weighted by Gasteiger charge is -2.22. The summed E-state index contributed by atoms with van der Waals surface area (Å²) in [5.41, 5.74) is 0.0726. The van der Waals surface area contributed by atoms with Gasteiger partial charge >= 0.3 is 0 Å². The Morgan fingerprint density at radius 2 is 2.22 bits per heavy atom. The summed E-state index contributed by atoms with van der Waals surface area (Å²) >= 11 is 1.61. The molecule has 0 spiro atoms. The van der Waals surface area contributed by atoms with Gasteiger partial charge in [-0.15, -0.1) is 11.8 Å². The van der Waals surface area contributed by atoms with E-state index in [9.17, 15) is 10.4 Å². The van der Waals surface area contributed by atoms with Crippen LogP contribution in [0.2, 0.25) is 0 Å². The van der Waals surface area contributed by atoms with Crippen molar-refractivity contribution in [3.63, 3.8) is 0 Å². The number of aliphatic hydroxyl groups excluding tert-OH is 1. The molecular formula is C13H18N2O2S. The van der Waals surface area contributed by atoms with Crippen LogP contribution in [0.25, 0.3) is 0 Å². The van der Waals surface area contributed by atoms with E-state index in [1.165, 1.54) is 6.92 Å². The molecule has 0 aliphatic heterocycles. The maximum atomic E-state index is 9.72. The molecule has 0 aliphatic carbocycles. The normalized spacial score (nSPS) is 13.7. The highest BCUT2D eigenvalue weighted by molar-refractivity contribution is 7.99. The van der Waals surface area contributed by atoms with Crippen LogP contribution in [0, 0.1) is 11.3 Å². The van der Waals surface area contributed by atoms with E-state index in [1.807, 2.05) is 19.1 Å². The fraction of sp³-hybridized carbons (Fsp3) is 0.462. The van der Waals surface area contributed by atoms with E-state index >= 15 is 0 Å². The van der Waals surface area contributed by atoms with Crippen LogP contribution in [0.5, 0.6) is 0 Å². The fourth-order valence-electron chi connectivity index (χ4n) is 1.41. The van der Waals surface area contributed by atoms with Gasteiger partial charge in [0.1, 0.15) is 11.7 Å². The first-order valence-electron chi connectivity index (χ1n) is 5.77. The van der Waals surface area contributed by atoms with E-state index in [0.717, 1.165) is 10.6 Å². The van der Waals surface area contributed by atoms with Crippen LogP contribution < -0.4 is 5.32 Å². The van der Waals surface area contributed by atoms with E-state index in [2.05, 4.69) is 11.4 Å². The van der Waals surface area contributed by atoms with Gasteiger partial charge in [-0.25, -0.2) is 0 Å². The smallest absolute Gasteiger partial charge is 0.102 e. The highest BCUT2D eigenvalue weighted by Gasteiger charge is 2.19. The molecule has 4 nitrogen and oxygen atoms in total. The van der Waals surface area contributed by atoms with Gasteiger partial charge in [-0.05, 0) is 24.8 Å². The molecule has 0 saturated carbocycles. The molecule has 0 bridgehead atoms. The van der Waals surface area contributed by atoms with Crippen molar-refractivity contribution in [2.45, 2.75) is 24.3 Å². The van der Waals surface area contributed by atoms with Gasteiger partial charge in [0.25, 0.3) is 0 Å². The SMILES string of the molecule is CCSc1cccc(NCC(C)(O)CO)c1C#N. The summed E-state index contributed by atoms with van der Waals surface area (Å²) in [5.74, 6) is 0.895. The number of hydrogen-bond acceptors (Lipinski definition) is 5. The van der Waals surface area contributed by atoms with Crippen molar-refractivity contribution in [2.24, 2.45) is 0 Å². The minimum atomic E-state index is -1.19. The van der Waals surface area contributed by atoms with Crippen molar-refractivity contribution >= 4 is 17.4 Å². The van der Waals surface area contributed by atoms with Gasteiger partial charge in [-0.3, -0.25) is 0 Å². The Morgan fingerprint density at radius 1 is 1.50 bits per heavy atom. The molecule has 0 fully saturated rings. The lowest BCUT2D eigenvalue weighted by molar-refractivity contribution is 0.0132. The summed E-state index contributed by atoms with van der Waals surface area (Å²) in [7, 11) is 0. The second-order valence-electron chi connectivity index (χ2n) is 4.23. The molecule has 3 N–H and O–H groups in total. The van der Waals surface area contributed by atoms with Gasteiger partial charge in [0.05, 0.1) is 17.9 Å². The maximum absolute atomic E-state index is 9.72. The number of rotatable bonds is 6. The average molecular weight is 266 g/mol. The zero-order valence-electron chi connectivity index (χ0n) is 10.6. The molecule has 18 heavy (non-hydrogen) atoms. The zero-order valence-corrected chi connectivity index (χ0v) is 11.4. The number of aliphatic hydroxyl groups is 2. The molecule has 1 aromatic rings. The van der Waals surface area contributed by atoms with E-state index in [-0.39, 0.29) is 13.2 Å². The summed E-state index contributed by atoms with van der Waals surface area (Å²) in [5, 5.41) is 30.9. The van der Waals surface area contributed by atoms with Gasteiger partial charge in [0.15, 0.2) is 0 Å². The van der Waals surface area contributed by atoms with Crippen molar-refractivity contribution in [1.82, 2.24) is 0 Å². The molecule has 1 atom stereocenters. The van der Waals surface area contributed by atoms with Crippen molar-refractivity contribution in [3.05, 3.63) is 23.8 Å². The van der Waals surface area contributed by atoms with E-state index < -0.39 is 5.60 Å². The minimum Gasteiger partial charge on any atom is -0.393 e. The van der Waals surface area contributed by atoms with E-state index in [4.69, 9.17) is 5.11 Å². The molecule has 0 saturated heterocycles. The van der Waals surface area contributed by atoms with Crippen molar-refractivity contribution in [2.75, 3.05) is 24.2 Å². The first-order valence-corrected chi connectivity index (χ1v) is 6.75. The van der Waals surface area contributed by atoms with Gasteiger partial charge in [-0.2, -0.15) is 5.26 Å². The third-order valence-corrected chi connectivity index (χ3v) is 3.38. The number of benzene rings is 1. The topological polar surface area (TPSA) is 76.3 Å². The maximum Gasteiger partial charge on any atom is 0.102 e. The second kappa shape index (κ2) is 6.64. The molecule has 0 heterocycles. The minimum absolute atomic E-state index is 0.193. The molecule has 0 aliphatic rings. The molecular weight excluding hydrogens is 248 g/mol. The summed E-state index contributed by atoms with van der Waals surface area (Å²) in [4.78, 5) is 0.925. The summed E-state index contributed by atoms with van der Waals surface area (Å²) < 4.78 is 0. The zero-order chi connectivity index (χ0) is 13.6. The Morgan fingerprint density at radius 3 is 2.78 bits per heavy atom. The molecule has 1 aromatic carbocycles. The number of thioether (sulfide) groups is 1. The number of nitriles is 1. The third-order valence-electron chi connectivity index (χ3n) is 2.44. The van der Waals surface area contributed by atoms with Gasteiger partial charge in [-0.1, -0.05) is 13.0 Å². The second-order valence-corrected chi connectivity index (χ2v) is 5.54. The molecule has 5 heteroatoms. The lowest BCUT2D eigenvalue weighted by atomic mass is 10.1. The van der Waals surface area contributed by atoms with Gasteiger partial charge in [0.2, 0.25) is 0 Å². The quantitative estimate of drug-likeness (QED) is 0.685. The molecule has 98 valence electrons. The molecule has 1 rings (SSSR count). The average Bonchev–Trinajstić information content (AvgIpc) is 2.37. The van der Waals surface area contributed by atoms with Gasteiger partial charge in [0, 0.05) is 11.4 Å². The Labute approximate surface area is 112 Å². The van der Waals surface area contributed by atoms with Crippen LogP contribution in [-0.2, 0) is 0 Å². The van der Waals surface area contributed by atoms with Crippen molar-refractivity contribution in [3.8, 4) is 6.07 Å². The molecule has 0 amide bonds. The Hall–Kier alpha value is -1.22. The first-order chi connectivity index (χ1) is 8.54. The standard InChI is InChI=1S/C13H18N2O2S/c1-3-18-12-6-4-5-11(10(12)7-14)15-8-13(2,17)9-16/h4-6,15-17H,3,8-9H2,1-2H3. The van der Waals surface area contributed by atoms with Crippen LogP contribution in [0.3, 0.4) is 0 Å². The number of nitrogens with one attached hydrogen (secondary N) is 1. The summed E-state index contributed by atoms with van der Waals surface area (Å²) in [6.07, 6.45) is 0.